The summed E-state index contributed by atoms with van der Waals surface area (Å²) >= 11 is 0. The Labute approximate surface area is 109 Å². The lowest BCUT2D eigenvalue weighted by Gasteiger charge is -2.35. The third-order valence-electron chi connectivity index (χ3n) is 3.50. The number of aliphatic hydroxyl groups excluding tert-OH is 1. The van der Waals surface area contributed by atoms with Gasteiger partial charge in [-0.25, -0.2) is 0 Å². The Balaban J connectivity index is 2.11. The van der Waals surface area contributed by atoms with E-state index < -0.39 is 0 Å². The van der Waals surface area contributed by atoms with Crippen molar-refractivity contribution >= 4 is 0 Å². The smallest absolute Gasteiger partial charge is 0.118 e. The fourth-order valence-corrected chi connectivity index (χ4v) is 2.50. The Morgan fingerprint density at radius 1 is 1.28 bits per heavy atom. The molecule has 2 N–H and O–H groups in total. The van der Waals surface area contributed by atoms with Crippen LogP contribution in [0.2, 0.25) is 0 Å². The minimum Gasteiger partial charge on any atom is -0.497 e. The van der Waals surface area contributed by atoms with Crippen LogP contribution in [0.3, 0.4) is 0 Å². The SMILES string of the molecule is COc1ccc([C@H](CCO)N2CCNCC2)cc1. The number of nitrogens with zero attached hydrogens (tertiary/aromatic N) is 1. The lowest BCUT2D eigenvalue weighted by atomic mass is 10.0. The van der Waals surface area contributed by atoms with Gasteiger partial charge in [0.05, 0.1) is 7.11 Å². The maximum atomic E-state index is 9.26. The van der Waals surface area contributed by atoms with Crippen LogP contribution in [0.5, 0.6) is 5.75 Å². The van der Waals surface area contributed by atoms with Crippen molar-refractivity contribution in [1.29, 1.82) is 0 Å². The van der Waals surface area contributed by atoms with Gasteiger partial charge in [0, 0.05) is 38.8 Å². The summed E-state index contributed by atoms with van der Waals surface area (Å²) in [4.78, 5) is 2.44. The highest BCUT2D eigenvalue weighted by atomic mass is 16.5. The number of methoxy groups -OCH3 is 1. The van der Waals surface area contributed by atoms with Gasteiger partial charge in [0.1, 0.15) is 5.75 Å². The van der Waals surface area contributed by atoms with Crippen LogP contribution < -0.4 is 10.1 Å². The van der Waals surface area contributed by atoms with Gasteiger partial charge < -0.3 is 15.2 Å². The van der Waals surface area contributed by atoms with E-state index in [1.807, 2.05) is 12.1 Å². The van der Waals surface area contributed by atoms with Gasteiger partial charge in [-0.15, -0.1) is 0 Å². The predicted molar refractivity (Wildman–Crippen MR) is 71.9 cm³/mol. The molecule has 0 bridgehead atoms. The monoisotopic (exact) mass is 250 g/mol. The van der Waals surface area contributed by atoms with E-state index in [0.29, 0.717) is 6.04 Å². The van der Waals surface area contributed by atoms with E-state index in [2.05, 4.69) is 22.3 Å². The standard InChI is InChI=1S/C14H22N2O2/c1-18-13-4-2-12(3-5-13)14(6-11-17)16-9-7-15-8-10-16/h2-5,14-15,17H,6-11H2,1H3/t14-/m0/s1. The van der Waals surface area contributed by atoms with Gasteiger partial charge in [-0.1, -0.05) is 12.1 Å². The molecule has 0 aliphatic carbocycles. The van der Waals surface area contributed by atoms with Crippen molar-refractivity contribution in [2.45, 2.75) is 12.5 Å². The summed E-state index contributed by atoms with van der Waals surface area (Å²) in [6.45, 7) is 4.35. The molecule has 0 aromatic heterocycles. The summed E-state index contributed by atoms with van der Waals surface area (Å²) < 4.78 is 5.18. The van der Waals surface area contributed by atoms with Gasteiger partial charge in [-0.3, -0.25) is 4.90 Å². The van der Waals surface area contributed by atoms with Crippen LogP contribution in [0.1, 0.15) is 18.0 Å². The first-order valence-corrected chi connectivity index (χ1v) is 6.54. The lowest BCUT2D eigenvalue weighted by molar-refractivity contribution is 0.141. The van der Waals surface area contributed by atoms with E-state index in [-0.39, 0.29) is 6.61 Å². The molecule has 1 atom stereocenters. The van der Waals surface area contributed by atoms with Crippen molar-refractivity contribution in [2.75, 3.05) is 39.9 Å². The van der Waals surface area contributed by atoms with Gasteiger partial charge in [0.2, 0.25) is 0 Å². The third-order valence-corrected chi connectivity index (χ3v) is 3.50. The predicted octanol–water partition coefficient (Wildman–Crippen LogP) is 1.02. The molecule has 0 saturated carbocycles. The summed E-state index contributed by atoms with van der Waals surface area (Å²) in [5.74, 6) is 0.877. The molecule has 2 rings (SSSR count). The quantitative estimate of drug-likeness (QED) is 0.819. The zero-order chi connectivity index (χ0) is 12.8. The van der Waals surface area contributed by atoms with Crippen molar-refractivity contribution in [3.8, 4) is 5.75 Å². The summed E-state index contributed by atoms with van der Waals surface area (Å²) in [7, 11) is 1.68. The highest BCUT2D eigenvalue weighted by Gasteiger charge is 2.21. The molecular formula is C14H22N2O2. The summed E-state index contributed by atoms with van der Waals surface area (Å²) in [6, 6.07) is 8.48. The number of piperazine rings is 1. The molecule has 1 heterocycles. The van der Waals surface area contributed by atoms with Crippen LogP contribution in [-0.2, 0) is 0 Å². The van der Waals surface area contributed by atoms with Gasteiger partial charge in [0.25, 0.3) is 0 Å². The Kier molecular flexibility index (Phi) is 4.99. The topological polar surface area (TPSA) is 44.7 Å². The highest BCUT2D eigenvalue weighted by molar-refractivity contribution is 5.29. The fraction of sp³-hybridized carbons (Fsp3) is 0.571. The van der Waals surface area contributed by atoms with Crippen LogP contribution in [0.4, 0.5) is 0 Å². The maximum Gasteiger partial charge on any atom is 0.118 e. The van der Waals surface area contributed by atoms with Crippen molar-refractivity contribution in [3.63, 3.8) is 0 Å². The van der Waals surface area contributed by atoms with E-state index in [0.717, 1.165) is 38.3 Å². The number of aliphatic hydroxyl groups is 1. The molecule has 0 spiro atoms. The van der Waals surface area contributed by atoms with E-state index in [9.17, 15) is 5.11 Å². The van der Waals surface area contributed by atoms with Gasteiger partial charge in [0.15, 0.2) is 0 Å². The Hall–Kier alpha value is -1.10. The van der Waals surface area contributed by atoms with Crippen LogP contribution >= 0.6 is 0 Å². The molecule has 4 nitrogen and oxygen atoms in total. The zero-order valence-corrected chi connectivity index (χ0v) is 10.9. The van der Waals surface area contributed by atoms with Crippen LogP contribution in [0.15, 0.2) is 24.3 Å². The second kappa shape index (κ2) is 6.73. The molecule has 0 amide bonds. The summed E-state index contributed by atoms with van der Waals surface area (Å²) in [5, 5.41) is 12.6. The van der Waals surface area contributed by atoms with Crippen LogP contribution in [-0.4, -0.2) is 49.9 Å². The van der Waals surface area contributed by atoms with E-state index in [1.165, 1.54) is 5.56 Å². The average Bonchev–Trinajstić information content (AvgIpc) is 2.46. The molecule has 0 radical (unpaired) electrons. The zero-order valence-electron chi connectivity index (χ0n) is 10.9. The molecule has 1 aliphatic rings. The normalized spacial score (nSPS) is 18.6. The number of benzene rings is 1. The Bertz CT molecular complexity index is 347. The largest absolute Gasteiger partial charge is 0.497 e. The summed E-state index contributed by atoms with van der Waals surface area (Å²) in [6.07, 6.45) is 0.784. The lowest BCUT2D eigenvalue weighted by Crippen LogP contribution is -2.45. The molecule has 0 unspecified atom stereocenters. The first-order chi connectivity index (χ1) is 8.85. The minimum atomic E-state index is 0.223. The van der Waals surface area contributed by atoms with Crippen molar-refractivity contribution in [2.24, 2.45) is 0 Å². The first-order valence-electron chi connectivity index (χ1n) is 6.54. The van der Waals surface area contributed by atoms with Crippen molar-refractivity contribution in [3.05, 3.63) is 29.8 Å². The molecule has 1 fully saturated rings. The van der Waals surface area contributed by atoms with Gasteiger partial charge >= 0.3 is 0 Å². The first kappa shape index (κ1) is 13.3. The molecule has 100 valence electrons. The van der Waals surface area contributed by atoms with Crippen molar-refractivity contribution in [1.82, 2.24) is 10.2 Å². The second-order valence-corrected chi connectivity index (χ2v) is 4.59. The number of nitrogens with one attached hydrogen (secondary N) is 1. The van der Waals surface area contributed by atoms with Gasteiger partial charge in [-0.2, -0.15) is 0 Å². The minimum absolute atomic E-state index is 0.223. The number of rotatable bonds is 5. The maximum absolute atomic E-state index is 9.26. The number of ether oxygens (including phenoxy) is 1. The second-order valence-electron chi connectivity index (χ2n) is 4.59. The van der Waals surface area contributed by atoms with E-state index >= 15 is 0 Å². The Morgan fingerprint density at radius 3 is 2.50 bits per heavy atom. The highest BCUT2D eigenvalue weighted by Crippen LogP contribution is 2.26. The molecule has 1 aliphatic heterocycles. The van der Waals surface area contributed by atoms with Crippen molar-refractivity contribution < 1.29 is 9.84 Å². The molecule has 4 heteroatoms. The number of hydrogen-bond donors (Lipinski definition) is 2. The molecule has 1 aromatic carbocycles. The molecular weight excluding hydrogens is 228 g/mol. The Morgan fingerprint density at radius 2 is 1.94 bits per heavy atom. The summed E-state index contributed by atoms with van der Waals surface area (Å²) in [5.41, 5.74) is 1.26. The van der Waals surface area contributed by atoms with E-state index in [4.69, 9.17) is 4.74 Å². The number of hydrogen-bond acceptors (Lipinski definition) is 4. The molecule has 1 saturated heterocycles. The average molecular weight is 250 g/mol. The van der Waals surface area contributed by atoms with E-state index in [1.54, 1.807) is 7.11 Å². The fourth-order valence-electron chi connectivity index (χ4n) is 2.50. The van der Waals surface area contributed by atoms with Crippen LogP contribution in [0.25, 0.3) is 0 Å². The van der Waals surface area contributed by atoms with Crippen LogP contribution in [0, 0.1) is 0 Å². The van der Waals surface area contributed by atoms with Gasteiger partial charge in [-0.05, 0) is 24.1 Å². The third kappa shape index (κ3) is 3.22. The molecule has 1 aromatic rings. The molecule has 18 heavy (non-hydrogen) atoms.